The van der Waals surface area contributed by atoms with E-state index >= 15 is 0 Å². The maximum absolute atomic E-state index is 14.3. The van der Waals surface area contributed by atoms with Gasteiger partial charge in [-0.3, -0.25) is 19.2 Å². The van der Waals surface area contributed by atoms with Crippen molar-refractivity contribution in [3.63, 3.8) is 0 Å². The number of H-pyrrole nitrogens is 1. The Balaban J connectivity index is 1.25. The van der Waals surface area contributed by atoms with E-state index in [0.717, 1.165) is 5.56 Å². The maximum atomic E-state index is 14.3. The highest BCUT2D eigenvalue weighted by Gasteiger charge is 2.31. The van der Waals surface area contributed by atoms with Crippen LogP contribution >= 0.6 is 11.8 Å². The van der Waals surface area contributed by atoms with E-state index < -0.39 is 11.5 Å². The van der Waals surface area contributed by atoms with Gasteiger partial charge in [0, 0.05) is 47.4 Å². The molecule has 0 fully saturated rings. The number of aromatic nitrogens is 2. The molecule has 0 aliphatic heterocycles. The van der Waals surface area contributed by atoms with Crippen LogP contribution in [0.25, 0.3) is 44.3 Å². The molecule has 3 N–H and O–H groups in total. The summed E-state index contributed by atoms with van der Waals surface area (Å²) >= 11 is 1.49. The van der Waals surface area contributed by atoms with Gasteiger partial charge in [-0.15, -0.1) is 0 Å². The van der Waals surface area contributed by atoms with Crippen molar-refractivity contribution < 1.29 is 42.4 Å². The van der Waals surface area contributed by atoms with Crippen LogP contribution in [-0.4, -0.2) is 76.7 Å². The third kappa shape index (κ3) is 8.53. The van der Waals surface area contributed by atoms with Crippen molar-refractivity contribution in [2.75, 3.05) is 55.0 Å². The van der Waals surface area contributed by atoms with E-state index in [9.17, 15) is 19.2 Å². The lowest BCUT2D eigenvalue weighted by molar-refractivity contribution is -0.120. The van der Waals surface area contributed by atoms with E-state index in [1.165, 1.54) is 53.2 Å². The lowest BCUT2D eigenvalue weighted by Gasteiger charge is -2.20. The highest BCUT2D eigenvalue weighted by molar-refractivity contribution is 7.98. The largest absolute Gasteiger partial charge is 0.497 e. The van der Waals surface area contributed by atoms with E-state index in [1.54, 1.807) is 50.6 Å². The number of methoxy groups -OCH3 is 6. The molecule has 7 rings (SSSR count). The summed E-state index contributed by atoms with van der Waals surface area (Å²) in [6, 6.07) is 15.1. The number of carbonyl (C=O) groups excluding carboxylic acids is 2. The molecule has 61 heavy (non-hydrogen) atoms. The van der Waals surface area contributed by atoms with Crippen molar-refractivity contribution in [3.05, 3.63) is 97.7 Å². The topological polar surface area (TPSA) is 190 Å². The third-order valence-electron chi connectivity index (χ3n) is 10.6. The number of rotatable bonds is 15. The van der Waals surface area contributed by atoms with Crippen LogP contribution in [0.5, 0.6) is 34.5 Å². The zero-order valence-corrected chi connectivity index (χ0v) is 35.7. The zero-order chi connectivity index (χ0) is 43.4. The molecule has 0 bridgehead atoms. The van der Waals surface area contributed by atoms with Crippen molar-refractivity contribution in [2.24, 2.45) is 0 Å². The molecule has 1 atom stereocenters. The first-order valence-electron chi connectivity index (χ1n) is 19.4. The second-order valence-corrected chi connectivity index (χ2v) is 15.3. The second-order valence-electron chi connectivity index (χ2n) is 14.2. The van der Waals surface area contributed by atoms with Gasteiger partial charge in [0.15, 0.2) is 28.6 Å². The molecule has 2 aromatic heterocycles. The number of fused-ring (bicyclic) bond motifs is 5. The van der Waals surface area contributed by atoms with Crippen molar-refractivity contribution >= 4 is 45.4 Å². The first kappa shape index (κ1) is 42.4. The molecular weight excluding hydrogens is 805 g/mol. The molecule has 0 saturated heterocycles. The van der Waals surface area contributed by atoms with Gasteiger partial charge < -0.3 is 48.5 Å². The number of ether oxygens (including phenoxy) is 6. The first-order valence-corrected chi connectivity index (χ1v) is 20.5. The highest BCUT2D eigenvalue weighted by atomic mass is 32.2. The SMILES string of the molecule is COc1ccc(-c2oc3c(=O)cc4c(cc3c2CC(=O)NCCSCc2nc3cc(OC)c(OC)cc3c(=O)[nH]2)-c2c(cc(OC)c(OC)c2OC)CC[C@@H]4NC(C)=O)cc1. The number of carbonyl (C=O) groups is 2. The summed E-state index contributed by atoms with van der Waals surface area (Å²) in [4.78, 5) is 61.1. The van der Waals surface area contributed by atoms with Crippen molar-refractivity contribution in [1.82, 2.24) is 20.6 Å². The molecule has 0 saturated carbocycles. The van der Waals surface area contributed by atoms with E-state index in [4.69, 9.17) is 32.8 Å². The first-order chi connectivity index (χ1) is 29.5. The fraction of sp³-hybridized carbons (Fsp3) is 0.311. The van der Waals surface area contributed by atoms with E-state index in [2.05, 4.69) is 20.6 Å². The predicted molar refractivity (Wildman–Crippen MR) is 233 cm³/mol. The Morgan fingerprint density at radius 1 is 0.852 bits per heavy atom. The quantitative estimate of drug-likeness (QED) is 0.100. The summed E-state index contributed by atoms with van der Waals surface area (Å²) in [6.45, 7) is 1.74. The summed E-state index contributed by atoms with van der Waals surface area (Å²) in [5.41, 5.74) is 3.62. The van der Waals surface area contributed by atoms with Gasteiger partial charge in [-0.1, -0.05) is 0 Å². The number of furan rings is 1. The van der Waals surface area contributed by atoms with Crippen molar-refractivity contribution in [3.8, 4) is 56.9 Å². The number of hydrogen-bond acceptors (Lipinski definition) is 13. The van der Waals surface area contributed by atoms with Crippen LogP contribution < -0.4 is 50.0 Å². The molecule has 1 aliphatic carbocycles. The monoisotopic (exact) mass is 850 g/mol. The molecule has 0 spiro atoms. The lowest BCUT2D eigenvalue weighted by atomic mass is 9.94. The fourth-order valence-corrected chi connectivity index (χ4v) is 8.49. The minimum Gasteiger partial charge on any atom is -0.497 e. The van der Waals surface area contributed by atoms with Gasteiger partial charge in [-0.05, 0) is 78.1 Å². The standard InChI is InChI=1S/C45H46N4O11S/c1-23(50)47-32-13-10-25-16-37(57-5)43(58-6)44(59-7)40(25)28-17-29-30(41(24-8-11-26(54-2)12-9-24)60-42(29)34(51)18-27(28)32)20-39(52)46-14-15-61-22-38-48-33-21-36(56-4)35(55-3)19-31(33)45(53)49-38/h8-9,11-12,16-19,21,32H,10,13-15,20,22H2,1-7H3,(H,46,52)(H,47,50)(H,48,49,53)/t32-/m0/s1. The average Bonchev–Trinajstić information content (AvgIpc) is 3.46. The van der Waals surface area contributed by atoms with Crippen LogP contribution in [0.4, 0.5) is 0 Å². The molecule has 1 aliphatic rings. The highest BCUT2D eigenvalue weighted by Crippen LogP contribution is 2.51. The summed E-state index contributed by atoms with van der Waals surface area (Å²) in [7, 11) is 9.18. The Bertz CT molecular complexity index is 2770. The number of amides is 2. The van der Waals surface area contributed by atoms with Gasteiger partial charge in [0.1, 0.15) is 17.3 Å². The Kier molecular flexibility index (Phi) is 12.7. The van der Waals surface area contributed by atoms with Gasteiger partial charge >= 0.3 is 0 Å². The van der Waals surface area contributed by atoms with Gasteiger partial charge in [0.2, 0.25) is 23.0 Å². The number of thioether (sulfide) groups is 1. The summed E-state index contributed by atoms with van der Waals surface area (Å²) in [6.07, 6.45) is 0.858. The van der Waals surface area contributed by atoms with Crippen LogP contribution in [0.1, 0.15) is 41.9 Å². The number of nitrogens with zero attached hydrogens (tertiary/aromatic N) is 1. The molecule has 2 heterocycles. The van der Waals surface area contributed by atoms with E-state index in [1.807, 2.05) is 12.1 Å². The minimum absolute atomic E-state index is 0.0488. The van der Waals surface area contributed by atoms with Crippen molar-refractivity contribution in [1.29, 1.82) is 0 Å². The van der Waals surface area contributed by atoms with Gasteiger partial charge in [-0.25, -0.2) is 4.98 Å². The number of aromatic amines is 1. The Hall–Kier alpha value is -6.68. The molecule has 318 valence electrons. The molecule has 16 heteroatoms. The van der Waals surface area contributed by atoms with Gasteiger partial charge in [0.25, 0.3) is 5.56 Å². The molecule has 6 aromatic rings. The Morgan fingerprint density at radius 3 is 2.25 bits per heavy atom. The normalized spacial score (nSPS) is 13.1. The summed E-state index contributed by atoms with van der Waals surface area (Å²) in [5, 5.41) is 6.84. The summed E-state index contributed by atoms with van der Waals surface area (Å²) < 4.78 is 40.0. The lowest BCUT2D eigenvalue weighted by Crippen LogP contribution is -2.27. The fourth-order valence-electron chi connectivity index (χ4n) is 7.77. The minimum atomic E-state index is -0.537. The van der Waals surface area contributed by atoms with Crippen LogP contribution in [0.3, 0.4) is 0 Å². The smallest absolute Gasteiger partial charge is 0.258 e. The maximum Gasteiger partial charge on any atom is 0.258 e. The molecule has 0 radical (unpaired) electrons. The van der Waals surface area contributed by atoms with Gasteiger partial charge in [0.05, 0.1) is 71.8 Å². The summed E-state index contributed by atoms with van der Waals surface area (Å²) in [5.74, 6) is 3.91. The van der Waals surface area contributed by atoms with Crippen LogP contribution in [0.2, 0.25) is 0 Å². The number of nitrogens with one attached hydrogen (secondary N) is 3. The van der Waals surface area contributed by atoms with E-state index in [-0.39, 0.29) is 29.4 Å². The van der Waals surface area contributed by atoms with Crippen LogP contribution in [-0.2, 0) is 28.2 Å². The second kappa shape index (κ2) is 18.3. The van der Waals surface area contributed by atoms with Crippen LogP contribution in [0.15, 0.2) is 68.6 Å². The Labute approximate surface area is 355 Å². The predicted octanol–water partition coefficient (Wildman–Crippen LogP) is 6.13. The molecule has 15 nitrogen and oxygen atoms in total. The third-order valence-corrected chi connectivity index (χ3v) is 11.5. The van der Waals surface area contributed by atoms with E-state index in [0.29, 0.717) is 121 Å². The van der Waals surface area contributed by atoms with Crippen molar-refractivity contribution in [2.45, 2.75) is 38.0 Å². The molecule has 2 amide bonds. The van der Waals surface area contributed by atoms with Crippen LogP contribution in [0, 0.1) is 0 Å². The molecule has 4 aromatic carbocycles. The number of aryl methyl sites for hydroxylation is 1. The molecular formula is C45H46N4O11S. The number of benzene rings is 3. The average molecular weight is 851 g/mol. The Morgan fingerprint density at radius 2 is 1.57 bits per heavy atom. The molecule has 0 unspecified atom stereocenters. The number of hydrogen-bond donors (Lipinski definition) is 3. The van der Waals surface area contributed by atoms with Gasteiger partial charge in [-0.2, -0.15) is 11.8 Å². The zero-order valence-electron chi connectivity index (χ0n) is 34.9.